The van der Waals surface area contributed by atoms with E-state index in [2.05, 4.69) is 11.8 Å². The molecule has 0 saturated carbocycles. The van der Waals surface area contributed by atoms with Crippen molar-refractivity contribution >= 4 is 28.5 Å². The number of carbonyl (C=O) groups excluding carboxylic acids is 2. The van der Waals surface area contributed by atoms with Gasteiger partial charge in [0, 0.05) is 38.8 Å². The molecule has 1 aromatic carbocycles. The molecule has 0 radical (unpaired) electrons. The maximum Gasteiger partial charge on any atom is 0.346 e. The van der Waals surface area contributed by atoms with E-state index in [0.717, 1.165) is 32.4 Å². The van der Waals surface area contributed by atoms with Crippen LogP contribution in [0.15, 0.2) is 17.1 Å². The maximum atomic E-state index is 15.6. The van der Waals surface area contributed by atoms with Crippen LogP contribution in [0.3, 0.4) is 0 Å². The van der Waals surface area contributed by atoms with E-state index >= 15 is 4.39 Å². The number of likely N-dealkylation sites (N-methyl/N-ethyl adjacent to an activating group) is 1. The van der Waals surface area contributed by atoms with E-state index in [4.69, 9.17) is 14.2 Å². The van der Waals surface area contributed by atoms with E-state index in [1.165, 1.54) is 102 Å². The summed E-state index contributed by atoms with van der Waals surface area (Å²) >= 11 is 0. The van der Waals surface area contributed by atoms with Crippen LogP contribution in [0, 0.1) is 5.82 Å². The Balaban J connectivity index is 1.13. The quantitative estimate of drug-likeness (QED) is 0.0692. The molecule has 1 atom stereocenters. The molecule has 0 spiro atoms. The first-order chi connectivity index (χ1) is 23.8. The lowest BCUT2D eigenvalue weighted by molar-refractivity contribution is -0.152. The molecule has 9 nitrogen and oxygen atoms in total. The van der Waals surface area contributed by atoms with E-state index in [1.807, 2.05) is 18.9 Å². The summed E-state index contributed by atoms with van der Waals surface area (Å²) in [6, 6.07) is 0.998. The number of hydrogen-bond donors (Lipinski definition) is 0. The van der Waals surface area contributed by atoms with Crippen LogP contribution in [0.5, 0.6) is 5.75 Å². The molecule has 49 heavy (non-hydrogen) atoms. The zero-order valence-electron chi connectivity index (χ0n) is 30.4. The standard InChI is InChI=1S/C39H60FN3O6/c1-4-5-6-7-8-9-10-11-12-13-14-15-16-17-18-19-20-21-34(44)48-29-49-39(46)32-27-43-30(2)28-47-38-35(43)31(37(32)45)26-33(40)36(38)42-24-22-41(3)23-25-42/h26-27,30H,4-25,28-29H2,1-3H3/t30-/m0/s1. The Morgan fingerprint density at radius 1 is 0.837 bits per heavy atom. The van der Waals surface area contributed by atoms with Gasteiger partial charge in [-0.1, -0.05) is 110 Å². The third-order valence-corrected chi connectivity index (χ3v) is 10.1. The number of esters is 2. The molecule has 4 rings (SSSR count). The molecule has 0 N–H and O–H groups in total. The topological polar surface area (TPSA) is 90.3 Å². The summed E-state index contributed by atoms with van der Waals surface area (Å²) < 4.78 is 33.7. The smallest absolute Gasteiger partial charge is 0.346 e. The highest BCUT2D eigenvalue weighted by atomic mass is 19.1. The second kappa shape index (κ2) is 20.5. The van der Waals surface area contributed by atoms with Crippen LogP contribution in [-0.4, -0.2) is 68.0 Å². The highest BCUT2D eigenvalue weighted by molar-refractivity contribution is 5.98. The average molecular weight is 686 g/mol. The maximum absolute atomic E-state index is 15.6. The van der Waals surface area contributed by atoms with Crippen LogP contribution in [0.4, 0.5) is 10.1 Å². The fourth-order valence-electron chi connectivity index (χ4n) is 6.97. The Hall–Kier alpha value is -3.14. The summed E-state index contributed by atoms with van der Waals surface area (Å²) in [4.78, 5) is 42.7. The summed E-state index contributed by atoms with van der Waals surface area (Å²) in [6.45, 7) is 6.71. The highest BCUT2D eigenvalue weighted by Crippen LogP contribution is 2.42. The average Bonchev–Trinajstić information content (AvgIpc) is 3.09. The Kier molecular flexibility index (Phi) is 16.2. The predicted molar refractivity (Wildman–Crippen MR) is 193 cm³/mol. The number of pyridine rings is 1. The molecule has 2 aromatic rings. The van der Waals surface area contributed by atoms with Gasteiger partial charge in [-0.2, -0.15) is 0 Å². The predicted octanol–water partition coefficient (Wildman–Crippen LogP) is 8.55. The van der Waals surface area contributed by atoms with Crippen molar-refractivity contribution < 1.29 is 28.2 Å². The molecule has 0 amide bonds. The number of benzene rings is 1. The van der Waals surface area contributed by atoms with Crippen molar-refractivity contribution in [1.29, 1.82) is 0 Å². The molecule has 0 bridgehead atoms. The lowest BCUT2D eigenvalue weighted by Crippen LogP contribution is -2.45. The first-order valence-electron chi connectivity index (χ1n) is 19.1. The van der Waals surface area contributed by atoms with Crippen molar-refractivity contribution in [2.45, 2.75) is 135 Å². The third kappa shape index (κ3) is 11.4. The van der Waals surface area contributed by atoms with E-state index < -0.39 is 30.0 Å². The van der Waals surface area contributed by atoms with Crippen molar-refractivity contribution in [2.24, 2.45) is 0 Å². The second-order valence-electron chi connectivity index (χ2n) is 14.1. The van der Waals surface area contributed by atoms with Gasteiger partial charge in [-0.15, -0.1) is 0 Å². The van der Waals surface area contributed by atoms with E-state index in [1.54, 1.807) is 4.57 Å². The van der Waals surface area contributed by atoms with Crippen LogP contribution in [-0.2, 0) is 14.3 Å². The zero-order chi connectivity index (χ0) is 35.0. The summed E-state index contributed by atoms with van der Waals surface area (Å²) in [5, 5.41) is 0.0576. The monoisotopic (exact) mass is 685 g/mol. The number of carbonyl (C=O) groups is 2. The third-order valence-electron chi connectivity index (χ3n) is 10.1. The van der Waals surface area contributed by atoms with Crippen LogP contribution in [0.1, 0.15) is 146 Å². The molecular formula is C39H60FN3O6. The molecule has 1 aromatic heterocycles. The fourth-order valence-corrected chi connectivity index (χ4v) is 6.97. The molecule has 3 heterocycles. The van der Waals surface area contributed by atoms with Crippen molar-refractivity contribution in [2.75, 3.05) is 51.5 Å². The minimum absolute atomic E-state index is 0.0576. The van der Waals surface area contributed by atoms with Gasteiger partial charge in [0.15, 0.2) is 11.6 Å². The summed E-state index contributed by atoms with van der Waals surface area (Å²) in [5.74, 6) is -1.58. The summed E-state index contributed by atoms with van der Waals surface area (Å²) in [5.41, 5.74) is -0.0596. The molecule has 2 aliphatic rings. The molecular weight excluding hydrogens is 625 g/mol. The van der Waals surface area contributed by atoms with Gasteiger partial charge < -0.3 is 28.6 Å². The van der Waals surface area contributed by atoms with E-state index in [9.17, 15) is 14.4 Å². The van der Waals surface area contributed by atoms with Crippen molar-refractivity contribution in [1.82, 2.24) is 9.47 Å². The van der Waals surface area contributed by atoms with Crippen LogP contribution >= 0.6 is 0 Å². The molecule has 1 fully saturated rings. The van der Waals surface area contributed by atoms with Crippen molar-refractivity contribution in [3.05, 3.63) is 33.9 Å². The Morgan fingerprint density at radius 2 is 1.39 bits per heavy atom. The minimum atomic E-state index is -0.912. The molecule has 2 aliphatic heterocycles. The van der Waals surface area contributed by atoms with Gasteiger partial charge in [0.25, 0.3) is 0 Å². The van der Waals surface area contributed by atoms with Gasteiger partial charge >= 0.3 is 11.9 Å². The summed E-state index contributed by atoms with van der Waals surface area (Å²) in [7, 11) is 2.03. The van der Waals surface area contributed by atoms with Crippen LogP contribution in [0.25, 0.3) is 10.9 Å². The molecule has 0 unspecified atom stereocenters. The van der Waals surface area contributed by atoms with Gasteiger partial charge in [-0.25, -0.2) is 9.18 Å². The first kappa shape index (κ1) is 38.7. The number of anilines is 1. The van der Waals surface area contributed by atoms with Gasteiger partial charge in [0.05, 0.1) is 16.9 Å². The number of aromatic nitrogens is 1. The number of piperazine rings is 1. The van der Waals surface area contributed by atoms with Crippen LogP contribution in [0.2, 0.25) is 0 Å². The highest BCUT2D eigenvalue weighted by Gasteiger charge is 2.31. The molecule has 274 valence electrons. The van der Waals surface area contributed by atoms with Crippen molar-refractivity contribution in [3.63, 3.8) is 0 Å². The van der Waals surface area contributed by atoms with Gasteiger partial charge in [-0.3, -0.25) is 9.59 Å². The number of halogens is 1. The fraction of sp³-hybridized carbons (Fsp3) is 0.718. The largest absolute Gasteiger partial charge is 0.487 e. The molecule has 1 saturated heterocycles. The van der Waals surface area contributed by atoms with E-state index in [0.29, 0.717) is 30.0 Å². The SMILES string of the molecule is CCCCCCCCCCCCCCCCCCCC(=O)OCOC(=O)c1cn2c3c(c(N4CCN(C)CC4)c(F)cc3c1=O)OC[C@@H]2C. The minimum Gasteiger partial charge on any atom is -0.487 e. The Labute approximate surface area is 292 Å². The lowest BCUT2D eigenvalue weighted by Gasteiger charge is -2.37. The second-order valence-corrected chi connectivity index (χ2v) is 14.1. The zero-order valence-corrected chi connectivity index (χ0v) is 30.4. The van der Waals surface area contributed by atoms with Crippen LogP contribution < -0.4 is 15.1 Å². The Morgan fingerprint density at radius 3 is 1.96 bits per heavy atom. The van der Waals surface area contributed by atoms with E-state index in [-0.39, 0.29) is 30.0 Å². The molecule has 10 heteroatoms. The van der Waals surface area contributed by atoms with Gasteiger partial charge in [0.1, 0.15) is 17.9 Å². The van der Waals surface area contributed by atoms with Gasteiger partial charge in [-0.05, 0) is 26.5 Å². The number of hydrogen-bond acceptors (Lipinski definition) is 8. The number of rotatable bonds is 22. The van der Waals surface area contributed by atoms with Crippen molar-refractivity contribution in [3.8, 4) is 5.75 Å². The summed E-state index contributed by atoms with van der Waals surface area (Å²) in [6.07, 6.45) is 23.3. The Bertz CT molecular complexity index is 1400. The number of nitrogens with zero attached hydrogens (tertiary/aromatic N) is 3. The molecule has 0 aliphatic carbocycles. The number of unbranched alkanes of at least 4 members (excludes halogenated alkanes) is 16. The van der Waals surface area contributed by atoms with Gasteiger partial charge in [0.2, 0.25) is 12.2 Å². The number of ether oxygens (including phenoxy) is 3. The first-order valence-corrected chi connectivity index (χ1v) is 19.1. The normalized spacial score (nSPS) is 16.2. The lowest BCUT2D eigenvalue weighted by atomic mass is 10.0.